The van der Waals surface area contributed by atoms with Crippen LogP contribution in [0.25, 0.3) is 0 Å². The predicted octanol–water partition coefficient (Wildman–Crippen LogP) is 3.67. The highest BCUT2D eigenvalue weighted by Gasteiger charge is 2.12. The van der Waals surface area contributed by atoms with Crippen LogP contribution in [-0.4, -0.2) is 11.6 Å². The number of hydrogen-bond acceptors (Lipinski definition) is 2. The molecule has 100 valence electrons. The van der Waals surface area contributed by atoms with E-state index < -0.39 is 0 Å². The van der Waals surface area contributed by atoms with Gasteiger partial charge in [0.1, 0.15) is 17.7 Å². The van der Waals surface area contributed by atoms with Crippen molar-refractivity contribution in [3.8, 4) is 5.75 Å². The van der Waals surface area contributed by atoms with Crippen LogP contribution in [0.4, 0.5) is 4.39 Å². The maximum atomic E-state index is 13.3. The molecular weight excluding hydrogens is 229 g/mol. The molecule has 0 radical (unpaired) electrons. The maximum Gasteiger partial charge on any atom is 0.124 e. The lowest BCUT2D eigenvalue weighted by molar-refractivity contribution is 0.265. The molecule has 0 aliphatic heterocycles. The Hall–Kier alpha value is -1.35. The van der Waals surface area contributed by atoms with Gasteiger partial charge in [-0.25, -0.2) is 4.39 Å². The highest BCUT2D eigenvalue weighted by Crippen LogP contribution is 2.22. The number of nitrogens with one attached hydrogen (secondary N) is 1. The van der Waals surface area contributed by atoms with Crippen molar-refractivity contribution in [2.24, 2.45) is 0 Å². The summed E-state index contributed by atoms with van der Waals surface area (Å²) in [6.45, 7) is 12.4. The van der Waals surface area contributed by atoms with Crippen molar-refractivity contribution in [3.05, 3.63) is 42.2 Å². The highest BCUT2D eigenvalue weighted by atomic mass is 19.1. The summed E-state index contributed by atoms with van der Waals surface area (Å²) in [6.07, 6.45) is 1.62. The molecule has 1 N–H and O–H groups in total. The summed E-state index contributed by atoms with van der Waals surface area (Å²) in [5.74, 6) is 0.444. The molecule has 0 aliphatic rings. The fraction of sp³-hybridized carbons (Fsp3) is 0.467. The first kappa shape index (κ1) is 14.7. The topological polar surface area (TPSA) is 21.3 Å². The van der Waals surface area contributed by atoms with Gasteiger partial charge in [-0.2, -0.15) is 0 Å². The monoisotopic (exact) mass is 251 g/mol. The number of ether oxygens (including phenoxy) is 1. The van der Waals surface area contributed by atoms with E-state index in [9.17, 15) is 4.39 Å². The lowest BCUT2D eigenvalue weighted by Gasteiger charge is -2.22. The average Bonchev–Trinajstić information content (AvgIpc) is 2.28. The van der Waals surface area contributed by atoms with Crippen LogP contribution in [0.5, 0.6) is 5.75 Å². The molecule has 1 aromatic rings. The van der Waals surface area contributed by atoms with E-state index in [1.807, 2.05) is 6.92 Å². The molecule has 0 fully saturated rings. The minimum absolute atomic E-state index is 0.0202. The summed E-state index contributed by atoms with van der Waals surface area (Å²) in [5.41, 5.74) is 0.798. The first-order chi connectivity index (χ1) is 8.31. The van der Waals surface area contributed by atoms with Gasteiger partial charge in [-0.1, -0.05) is 12.7 Å². The van der Waals surface area contributed by atoms with Gasteiger partial charge in [-0.05, 0) is 45.9 Å². The molecule has 0 aliphatic carbocycles. The molecule has 18 heavy (non-hydrogen) atoms. The number of rotatable bonds is 5. The molecule has 0 saturated carbocycles. The van der Waals surface area contributed by atoms with Crippen molar-refractivity contribution in [2.45, 2.75) is 45.9 Å². The van der Waals surface area contributed by atoms with Gasteiger partial charge >= 0.3 is 0 Å². The minimum Gasteiger partial charge on any atom is -0.486 e. The van der Waals surface area contributed by atoms with Crippen LogP contribution in [0.15, 0.2) is 30.9 Å². The van der Waals surface area contributed by atoms with Crippen molar-refractivity contribution >= 4 is 0 Å². The minimum atomic E-state index is -0.251. The van der Waals surface area contributed by atoms with Gasteiger partial charge in [0.15, 0.2) is 0 Å². The van der Waals surface area contributed by atoms with Gasteiger partial charge < -0.3 is 10.1 Å². The lowest BCUT2D eigenvalue weighted by Crippen LogP contribution is -2.35. The van der Waals surface area contributed by atoms with Crippen molar-refractivity contribution < 1.29 is 9.13 Å². The quantitative estimate of drug-likeness (QED) is 0.806. The zero-order valence-electron chi connectivity index (χ0n) is 11.6. The SMILES string of the molecule is C=CC(C)Oc1ccc(F)cc1CNC(C)(C)C. The number of benzene rings is 1. The standard InChI is InChI=1S/C15H22FNO/c1-6-11(2)18-14-8-7-13(16)9-12(14)10-17-15(3,4)5/h6-9,11,17H,1,10H2,2-5H3. The molecule has 0 bridgehead atoms. The Morgan fingerprint density at radius 1 is 1.44 bits per heavy atom. The molecule has 1 rings (SSSR count). The number of halogens is 1. The van der Waals surface area contributed by atoms with Gasteiger partial charge in [0.2, 0.25) is 0 Å². The third-order valence-corrected chi connectivity index (χ3v) is 2.48. The Morgan fingerprint density at radius 2 is 2.11 bits per heavy atom. The Morgan fingerprint density at radius 3 is 2.67 bits per heavy atom. The van der Waals surface area contributed by atoms with Crippen LogP contribution in [0.3, 0.4) is 0 Å². The second-order valence-corrected chi connectivity index (χ2v) is 5.41. The largest absolute Gasteiger partial charge is 0.486 e. The van der Waals surface area contributed by atoms with Gasteiger partial charge in [0, 0.05) is 17.6 Å². The fourth-order valence-corrected chi connectivity index (χ4v) is 1.41. The normalized spacial score (nSPS) is 13.2. The molecule has 2 nitrogen and oxygen atoms in total. The van der Waals surface area contributed by atoms with Crippen LogP contribution < -0.4 is 10.1 Å². The number of hydrogen-bond donors (Lipinski definition) is 1. The smallest absolute Gasteiger partial charge is 0.124 e. The lowest BCUT2D eigenvalue weighted by atomic mass is 10.1. The van der Waals surface area contributed by atoms with Crippen molar-refractivity contribution in [2.75, 3.05) is 0 Å². The van der Waals surface area contributed by atoms with E-state index in [4.69, 9.17) is 4.74 Å². The summed E-state index contributed by atoms with van der Waals surface area (Å²) >= 11 is 0. The second kappa shape index (κ2) is 6.01. The molecule has 1 aromatic carbocycles. The molecule has 0 amide bonds. The zero-order chi connectivity index (χ0) is 13.8. The predicted molar refractivity (Wildman–Crippen MR) is 73.3 cm³/mol. The van der Waals surface area contributed by atoms with Crippen molar-refractivity contribution in [1.82, 2.24) is 5.32 Å². The fourth-order valence-electron chi connectivity index (χ4n) is 1.41. The first-order valence-electron chi connectivity index (χ1n) is 6.14. The Bertz CT molecular complexity index is 409. The molecule has 0 saturated heterocycles. The summed E-state index contributed by atoms with van der Waals surface area (Å²) in [6, 6.07) is 4.57. The average molecular weight is 251 g/mol. The van der Waals surface area contributed by atoms with Crippen molar-refractivity contribution in [3.63, 3.8) is 0 Å². The molecule has 1 unspecified atom stereocenters. The van der Waals surface area contributed by atoms with Crippen LogP contribution in [-0.2, 0) is 6.54 Å². The molecule has 0 spiro atoms. The van der Waals surface area contributed by atoms with E-state index in [0.717, 1.165) is 5.56 Å². The summed E-state index contributed by atoms with van der Waals surface area (Å²) in [4.78, 5) is 0. The Balaban J connectivity index is 2.86. The van der Waals surface area contributed by atoms with Gasteiger partial charge in [0.25, 0.3) is 0 Å². The third kappa shape index (κ3) is 4.88. The maximum absolute atomic E-state index is 13.3. The van der Waals surface area contributed by atoms with E-state index in [1.54, 1.807) is 12.1 Å². The zero-order valence-corrected chi connectivity index (χ0v) is 11.6. The van der Waals surface area contributed by atoms with Gasteiger partial charge in [-0.3, -0.25) is 0 Å². The van der Waals surface area contributed by atoms with E-state index in [-0.39, 0.29) is 17.5 Å². The first-order valence-corrected chi connectivity index (χ1v) is 6.14. The van der Waals surface area contributed by atoms with E-state index in [2.05, 4.69) is 32.7 Å². The van der Waals surface area contributed by atoms with Gasteiger partial charge in [-0.15, -0.1) is 0 Å². The second-order valence-electron chi connectivity index (χ2n) is 5.41. The Labute approximate surface area is 109 Å². The molecule has 3 heteroatoms. The van der Waals surface area contributed by atoms with Crippen LogP contribution in [0.1, 0.15) is 33.3 Å². The van der Waals surface area contributed by atoms with Crippen molar-refractivity contribution in [1.29, 1.82) is 0 Å². The van der Waals surface area contributed by atoms with E-state index >= 15 is 0 Å². The van der Waals surface area contributed by atoms with Gasteiger partial charge in [0.05, 0.1) is 0 Å². The summed E-state index contributed by atoms with van der Waals surface area (Å²) in [7, 11) is 0. The summed E-state index contributed by atoms with van der Waals surface area (Å²) in [5, 5.41) is 3.32. The molecular formula is C15H22FNO. The van der Waals surface area contributed by atoms with E-state index in [0.29, 0.717) is 12.3 Å². The van der Waals surface area contributed by atoms with Crippen LogP contribution >= 0.6 is 0 Å². The van der Waals surface area contributed by atoms with E-state index in [1.165, 1.54) is 12.1 Å². The third-order valence-electron chi connectivity index (χ3n) is 2.48. The molecule has 1 atom stereocenters. The Kier molecular flexibility index (Phi) is 4.91. The van der Waals surface area contributed by atoms with Crippen LogP contribution in [0, 0.1) is 5.82 Å². The van der Waals surface area contributed by atoms with Crippen LogP contribution in [0.2, 0.25) is 0 Å². The highest BCUT2D eigenvalue weighted by molar-refractivity contribution is 5.34. The molecule has 0 heterocycles. The molecule has 0 aromatic heterocycles. The summed E-state index contributed by atoms with van der Waals surface area (Å²) < 4.78 is 19.0.